The van der Waals surface area contributed by atoms with E-state index in [-0.39, 0.29) is 49.0 Å². The fraction of sp³-hybridized carbons (Fsp3) is 0.120. The molecule has 4 aromatic rings. The molecule has 0 spiro atoms. The molecule has 4 aromatic carbocycles. The SMILES string of the molecule is Cc1ccccc1N=Nc1c(C)cc2cc(C)c(N=Nc3ccc(S(=O)[O-])cc3)c(N)c2c1O.[Y]. The van der Waals surface area contributed by atoms with Crippen LogP contribution in [0.2, 0.25) is 0 Å². The summed E-state index contributed by atoms with van der Waals surface area (Å²) < 4.78 is 22.0. The summed E-state index contributed by atoms with van der Waals surface area (Å²) in [6.07, 6.45) is 0. The van der Waals surface area contributed by atoms with Crippen LogP contribution in [0.4, 0.5) is 28.4 Å². The van der Waals surface area contributed by atoms with Gasteiger partial charge in [-0.15, -0.1) is 10.2 Å². The van der Waals surface area contributed by atoms with Crippen LogP contribution in [0.15, 0.2) is 86.0 Å². The molecule has 10 heteroatoms. The normalized spacial score (nSPS) is 12.3. The van der Waals surface area contributed by atoms with Crippen molar-refractivity contribution in [3.8, 4) is 5.75 Å². The van der Waals surface area contributed by atoms with Gasteiger partial charge in [0.1, 0.15) is 11.4 Å². The second kappa shape index (κ2) is 11.3. The van der Waals surface area contributed by atoms with Gasteiger partial charge in [0, 0.05) is 37.6 Å². The maximum absolute atomic E-state index is 11.1. The maximum atomic E-state index is 11.1. The minimum Gasteiger partial charge on any atom is -0.768 e. The predicted octanol–water partition coefficient (Wildman–Crippen LogP) is 7.12. The quantitative estimate of drug-likeness (QED) is 0.152. The van der Waals surface area contributed by atoms with Crippen LogP contribution in [0.3, 0.4) is 0 Å². The van der Waals surface area contributed by atoms with Crippen molar-refractivity contribution in [3.63, 3.8) is 0 Å². The molecule has 0 heterocycles. The zero-order chi connectivity index (χ0) is 24.4. The number of aromatic hydroxyl groups is 1. The third kappa shape index (κ3) is 5.70. The summed E-state index contributed by atoms with van der Waals surface area (Å²) in [6, 6.07) is 17.3. The zero-order valence-corrected chi connectivity index (χ0v) is 23.0. The average molecular weight is 561 g/mol. The Kier molecular flexibility index (Phi) is 8.61. The third-order valence-electron chi connectivity index (χ3n) is 5.43. The molecule has 0 aliphatic carbocycles. The fourth-order valence-corrected chi connectivity index (χ4v) is 3.97. The number of hydrogen-bond donors (Lipinski definition) is 2. The van der Waals surface area contributed by atoms with Crippen molar-refractivity contribution in [2.45, 2.75) is 25.7 Å². The standard InChI is InChI=1S/C25H23N5O3S.Y/c1-14-6-4-5-7-20(14)28-30-24-16(3)13-17-12-15(2)23(22(26)21(17)25(24)31)29-27-18-8-10-19(11-9-18)34(32)33;/h4-13,31H,26H2,1-3H3,(H,32,33);/p-1. The van der Waals surface area contributed by atoms with E-state index in [0.717, 1.165) is 22.1 Å². The molecule has 0 fully saturated rings. The Morgan fingerprint density at radius 2 is 1.43 bits per heavy atom. The van der Waals surface area contributed by atoms with E-state index in [2.05, 4.69) is 20.5 Å². The molecule has 0 aliphatic rings. The number of anilines is 1. The van der Waals surface area contributed by atoms with Gasteiger partial charge >= 0.3 is 0 Å². The van der Waals surface area contributed by atoms with Crippen LogP contribution < -0.4 is 5.73 Å². The largest absolute Gasteiger partial charge is 0.768 e. The van der Waals surface area contributed by atoms with E-state index in [1.165, 1.54) is 12.1 Å². The summed E-state index contributed by atoms with van der Waals surface area (Å²) in [5, 5.41) is 29.3. The van der Waals surface area contributed by atoms with Gasteiger partial charge in [0.15, 0.2) is 5.75 Å². The molecule has 1 atom stereocenters. The minimum atomic E-state index is -2.31. The molecule has 0 aliphatic heterocycles. The van der Waals surface area contributed by atoms with E-state index < -0.39 is 11.1 Å². The first-order chi connectivity index (χ1) is 16.3. The molecule has 0 amide bonds. The van der Waals surface area contributed by atoms with Crippen molar-refractivity contribution in [1.29, 1.82) is 0 Å². The van der Waals surface area contributed by atoms with E-state index in [1.807, 2.05) is 57.2 Å². The van der Waals surface area contributed by atoms with Crippen molar-refractivity contribution < 1.29 is 46.6 Å². The number of phenols is 1. The van der Waals surface area contributed by atoms with Gasteiger partial charge in [0.05, 0.1) is 22.4 Å². The van der Waals surface area contributed by atoms with Crippen molar-refractivity contribution in [1.82, 2.24) is 0 Å². The topological polar surface area (TPSA) is 136 Å². The van der Waals surface area contributed by atoms with Crippen LogP contribution in [0, 0.1) is 20.8 Å². The molecule has 3 N–H and O–H groups in total. The Labute approximate surface area is 230 Å². The van der Waals surface area contributed by atoms with Gasteiger partial charge in [-0.05, 0) is 96.4 Å². The molecule has 35 heavy (non-hydrogen) atoms. The molecule has 0 aromatic heterocycles. The number of phenolic OH excluding ortho intramolecular Hbond substituents is 1. The van der Waals surface area contributed by atoms with Crippen LogP contribution in [-0.4, -0.2) is 13.9 Å². The second-order valence-corrected chi connectivity index (χ2v) is 8.80. The first kappa shape index (κ1) is 26.8. The second-order valence-electron chi connectivity index (χ2n) is 7.86. The summed E-state index contributed by atoms with van der Waals surface area (Å²) in [5.74, 6) is -0.0800. The van der Waals surface area contributed by atoms with Gasteiger partial charge in [-0.3, -0.25) is 4.21 Å². The number of nitrogens with two attached hydrogens (primary N) is 1. The van der Waals surface area contributed by atoms with Crippen LogP contribution in [0.1, 0.15) is 16.7 Å². The Hall–Kier alpha value is -2.85. The van der Waals surface area contributed by atoms with E-state index in [9.17, 15) is 13.9 Å². The smallest absolute Gasteiger partial charge is 0.153 e. The number of fused-ring (bicyclic) bond motifs is 1. The first-order valence-electron chi connectivity index (χ1n) is 10.4. The van der Waals surface area contributed by atoms with E-state index in [1.54, 1.807) is 12.1 Å². The van der Waals surface area contributed by atoms with Gasteiger partial charge in [-0.1, -0.05) is 18.2 Å². The summed E-state index contributed by atoms with van der Waals surface area (Å²) in [4.78, 5) is 0.160. The molecule has 8 nitrogen and oxygen atoms in total. The van der Waals surface area contributed by atoms with Crippen molar-refractivity contribution >= 4 is 50.3 Å². The molecule has 1 radical (unpaired) electrons. The number of hydrogen-bond acceptors (Lipinski definition) is 8. The summed E-state index contributed by atoms with van der Waals surface area (Å²) in [5.41, 5.74) is 11.1. The van der Waals surface area contributed by atoms with Gasteiger partial charge in [0.25, 0.3) is 0 Å². The molecule has 0 bridgehead atoms. The van der Waals surface area contributed by atoms with Crippen LogP contribution in [-0.2, 0) is 43.8 Å². The molecular weight excluding hydrogens is 539 g/mol. The Morgan fingerprint density at radius 3 is 2.06 bits per heavy atom. The van der Waals surface area contributed by atoms with Crippen LogP contribution in [0.25, 0.3) is 10.8 Å². The summed E-state index contributed by atoms with van der Waals surface area (Å²) in [6.45, 7) is 5.64. The molecule has 1 unspecified atom stereocenters. The number of nitrogen functional groups attached to an aromatic ring is 1. The number of nitrogens with zero attached hydrogens (tertiary/aromatic N) is 4. The summed E-state index contributed by atoms with van der Waals surface area (Å²) in [7, 11) is 0. The maximum Gasteiger partial charge on any atom is 0.153 e. The monoisotopic (exact) mass is 561 g/mol. The molecule has 0 saturated carbocycles. The van der Waals surface area contributed by atoms with Crippen LogP contribution in [0.5, 0.6) is 5.75 Å². The fourth-order valence-electron chi connectivity index (χ4n) is 3.62. The van der Waals surface area contributed by atoms with Gasteiger partial charge < -0.3 is 15.4 Å². The van der Waals surface area contributed by atoms with Gasteiger partial charge in [-0.2, -0.15) is 10.2 Å². The minimum absolute atomic E-state index is 0. The number of rotatable bonds is 5. The Morgan fingerprint density at radius 1 is 0.829 bits per heavy atom. The zero-order valence-electron chi connectivity index (χ0n) is 19.4. The molecule has 4 rings (SSSR count). The Bertz CT molecular complexity index is 1490. The number of aryl methyl sites for hydroxylation is 3. The molecule has 175 valence electrons. The van der Waals surface area contributed by atoms with E-state index >= 15 is 0 Å². The third-order valence-corrected chi connectivity index (χ3v) is 6.09. The first-order valence-corrected chi connectivity index (χ1v) is 11.5. The van der Waals surface area contributed by atoms with Crippen molar-refractivity contribution in [2.24, 2.45) is 20.5 Å². The van der Waals surface area contributed by atoms with Gasteiger partial charge in [-0.25, -0.2) is 0 Å². The number of azo groups is 2. The van der Waals surface area contributed by atoms with Crippen molar-refractivity contribution in [3.05, 3.63) is 77.4 Å². The van der Waals surface area contributed by atoms with Crippen LogP contribution >= 0.6 is 0 Å². The predicted molar refractivity (Wildman–Crippen MR) is 133 cm³/mol. The molecule has 0 saturated heterocycles. The van der Waals surface area contributed by atoms with E-state index in [0.29, 0.717) is 28.1 Å². The van der Waals surface area contributed by atoms with Crippen molar-refractivity contribution in [2.75, 3.05) is 5.73 Å². The number of benzene rings is 4. The van der Waals surface area contributed by atoms with E-state index in [4.69, 9.17) is 5.73 Å². The molecular formula is C25H22N5O3SY-. The summed E-state index contributed by atoms with van der Waals surface area (Å²) >= 11 is -2.31. The Balaban J connectivity index is 0.00000342. The van der Waals surface area contributed by atoms with Gasteiger partial charge in [0.2, 0.25) is 0 Å². The average Bonchev–Trinajstić information content (AvgIpc) is 2.79.